The van der Waals surface area contributed by atoms with E-state index < -0.39 is 0 Å². The summed E-state index contributed by atoms with van der Waals surface area (Å²) in [5.41, 5.74) is 1.35. The van der Waals surface area contributed by atoms with Crippen LogP contribution in [0.4, 0.5) is 0 Å². The molecule has 0 amide bonds. The summed E-state index contributed by atoms with van der Waals surface area (Å²) in [6.45, 7) is 12.6. The number of nitrogens with one attached hydrogen (secondary N) is 3. The van der Waals surface area contributed by atoms with Crippen LogP contribution in [0.5, 0.6) is 0 Å². The highest BCUT2D eigenvalue weighted by atomic mass is 127. The third-order valence-electron chi connectivity index (χ3n) is 3.43. The largest absolute Gasteiger partial charge is 0.376 e. The monoisotopic (exact) mass is 462 g/mol. The van der Waals surface area contributed by atoms with E-state index in [-0.39, 0.29) is 29.5 Å². The normalized spacial score (nSPS) is 13.1. The minimum atomic E-state index is 0. The van der Waals surface area contributed by atoms with Gasteiger partial charge >= 0.3 is 0 Å². The van der Waals surface area contributed by atoms with Crippen LogP contribution < -0.4 is 16.0 Å². The minimum Gasteiger partial charge on any atom is -0.376 e. The van der Waals surface area contributed by atoms with Gasteiger partial charge in [0.2, 0.25) is 0 Å². The zero-order chi connectivity index (χ0) is 17.8. The van der Waals surface area contributed by atoms with Gasteiger partial charge < -0.3 is 20.7 Å². The highest BCUT2D eigenvalue weighted by molar-refractivity contribution is 14.0. The van der Waals surface area contributed by atoms with Gasteiger partial charge in [0, 0.05) is 32.2 Å². The lowest BCUT2D eigenvalue weighted by Gasteiger charge is -2.21. The molecule has 1 unspecified atom stereocenters. The van der Waals surface area contributed by atoms with E-state index in [9.17, 15) is 0 Å². The van der Waals surface area contributed by atoms with Gasteiger partial charge in [-0.25, -0.2) is 0 Å². The van der Waals surface area contributed by atoms with Gasteiger partial charge in [-0.15, -0.1) is 24.0 Å². The maximum Gasteiger partial charge on any atom is 0.191 e. The maximum atomic E-state index is 5.77. The van der Waals surface area contributed by atoms with E-state index in [0.717, 1.165) is 32.2 Å². The lowest BCUT2D eigenvalue weighted by molar-refractivity contribution is 0.0931. The summed E-state index contributed by atoms with van der Waals surface area (Å²) < 4.78 is 5.77. The molecule has 0 saturated carbocycles. The van der Waals surface area contributed by atoms with E-state index in [1.807, 2.05) is 18.2 Å². The Morgan fingerprint density at radius 1 is 1.12 bits per heavy atom. The summed E-state index contributed by atoms with van der Waals surface area (Å²) in [6.07, 6.45) is 0. The lowest BCUT2D eigenvalue weighted by atomic mass is 10.1. The Labute approximate surface area is 170 Å². The number of rotatable bonds is 9. The first kappa shape index (κ1) is 24.1. The summed E-state index contributed by atoms with van der Waals surface area (Å²) in [4.78, 5) is 4.25. The third kappa shape index (κ3) is 13.1. The quantitative estimate of drug-likeness (QED) is 0.229. The zero-order valence-corrected chi connectivity index (χ0v) is 18.6. The predicted octanol–water partition coefficient (Wildman–Crippen LogP) is 3.01. The van der Waals surface area contributed by atoms with Crippen LogP contribution in [-0.4, -0.2) is 44.8 Å². The van der Waals surface area contributed by atoms with Gasteiger partial charge in [-0.05, 0) is 32.3 Å². The number of guanidine groups is 1. The van der Waals surface area contributed by atoms with Crippen molar-refractivity contribution < 1.29 is 4.74 Å². The molecule has 1 aromatic carbocycles. The molecule has 0 saturated heterocycles. The van der Waals surface area contributed by atoms with Crippen LogP contribution in [0.15, 0.2) is 35.3 Å². The topological polar surface area (TPSA) is 57.7 Å². The smallest absolute Gasteiger partial charge is 0.191 e. The molecule has 1 atom stereocenters. The minimum absolute atomic E-state index is 0. The van der Waals surface area contributed by atoms with Crippen LogP contribution in [0, 0.1) is 5.92 Å². The number of aliphatic imine (C=N–C) groups is 1. The van der Waals surface area contributed by atoms with E-state index in [2.05, 4.69) is 60.8 Å². The molecule has 6 heteroatoms. The van der Waals surface area contributed by atoms with Gasteiger partial charge in [-0.2, -0.15) is 0 Å². The second kappa shape index (κ2) is 13.4. The summed E-state index contributed by atoms with van der Waals surface area (Å²) in [5.74, 6) is 1.25. The summed E-state index contributed by atoms with van der Waals surface area (Å²) in [7, 11) is 1.79. The standard InChI is InChI=1S/C19H34N4O.HI/c1-16(14-24-15-17-9-7-6-8-10-17)13-22-18(20-5)21-11-12-23-19(2,3)4;/h6-10,16,23H,11-15H2,1-5H3,(H2,20,21,22);1H. The van der Waals surface area contributed by atoms with Gasteiger partial charge in [0.05, 0.1) is 13.2 Å². The van der Waals surface area contributed by atoms with Crippen molar-refractivity contribution in [2.75, 3.05) is 33.3 Å². The highest BCUT2D eigenvalue weighted by Gasteiger charge is 2.08. The fraction of sp³-hybridized carbons (Fsp3) is 0.632. The van der Waals surface area contributed by atoms with E-state index >= 15 is 0 Å². The zero-order valence-electron chi connectivity index (χ0n) is 16.3. The van der Waals surface area contributed by atoms with Crippen LogP contribution in [-0.2, 0) is 11.3 Å². The summed E-state index contributed by atoms with van der Waals surface area (Å²) in [6, 6.07) is 10.3. The molecule has 1 aromatic rings. The van der Waals surface area contributed by atoms with Gasteiger partial charge in [0.25, 0.3) is 0 Å². The van der Waals surface area contributed by atoms with E-state index in [1.165, 1.54) is 5.56 Å². The van der Waals surface area contributed by atoms with Crippen molar-refractivity contribution in [2.24, 2.45) is 10.9 Å². The molecule has 3 N–H and O–H groups in total. The highest BCUT2D eigenvalue weighted by Crippen LogP contribution is 2.02. The first-order chi connectivity index (χ1) is 11.4. The number of nitrogens with zero attached hydrogens (tertiary/aromatic N) is 1. The Kier molecular flexibility index (Phi) is 12.9. The number of ether oxygens (including phenoxy) is 1. The molecule has 1 rings (SSSR count). The van der Waals surface area contributed by atoms with Crippen molar-refractivity contribution in [3.8, 4) is 0 Å². The van der Waals surface area contributed by atoms with Crippen molar-refractivity contribution in [1.82, 2.24) is 16.0 Å². The Bertz CT molecular complexity index is 474. The average molecular weight is 462 g/mol. The van der Waals surface area contributed by atoms with Crippen molar-refractivity contribution in [3.05, 3.63) is 35.9 Å². The van der Waals surface area contributed by atoms with E-state index in [1.54, 1.807) is 7.05 Å². The molecule has 0 aliphatic rings. The second-order valence-corrected chi connectivity index (χ2v) is 7.16. The Balaban J connectivity index is 0.00000576. The first-order valence-electron chi connectivity index (χ1n) is 8.72. The number of benzene rings is 1. The molecule has 0 bridgehead atoms. The van der Waals surface area contributed by atoms with Crippen LogP contribution in [0.1, 0.15) is 33.3 Å². The molecular weight excluding hydrogens is 427 g/mol. The molecule has 25 heavy (non-hydrogen) atoms. The fourth-order valence-corrected chi connectivity index (χ4v) is 2.12. The molecule has 0 heterocycles. The maximum absolute atomic E-state index is 5.77. The first-order valence-corrected chi connectivity index (χ1v) is 8.72. The molecule has 144 valence electrons. The molecular formula is C19H35IN4O. The van der Waals surface area contributed by atoms with Gasteiger partial charge in [-0.3, -0.25) is 4.99 Å². The summed E-state index contributed by atoms with van der Waals surface area (Å²) >= 11 is 0. The predicted molar refractivity (Wildman–Crippen MR) is 118 cm³/mol. The fourth-order valence-electron chi connectivity index (χ4n) is 2.12. The van der Waals surface area contributed by atoms with Crippen molar-refractivity contribution in [1.29, 1.82) is 0 Å². The van der Waals surface area contributed by atoms with Crippen molar-refractivity contribution >= 4 is 29.9 Å². The van der Waals surface area contributed by atoms with Crippen molar-refractivity contribution in [3.63, 3.8) is 0 Å². The SMILES string of the molecule is CN=C(NCCNC(C)(C)C)NCC(C)COCc1ccccc1.I. The Hall–Kier alpha value is -0.860. The van der Waals surface area contributed by atoms with Gasteiger partial charge in [0.1, 0.15) is 0 Å². The second-order valence-electron chi connectivity index (χ2n) is 7.16. The van der Waals surface area contributed by atoms with Crippen LogP contribution in [0.3, 0.4) is 0 Å². The van der Waals surface area contributed by atoms with Crippen molar-refractivity contribution in [2.45, 2.75) is 39.8 Å². The number of halogens is 1. The molecule has 0 aliphatic carbocycles. The van der Waals surface area contributed by atoms with Crippen LogP contribution in [0.25, 0.3) is 0 Å². The lowest BCUT2D eigenvalue weighted by Crippen LogP contribution is -2.45. The van der Waals surface area contributed by atoms with Crippen LogP contribution >= 0.6 is 24.0 Å². The molecule has 0 spiro atoms. The molecule has 0 radical (unpaired) electrons. The molecule has 0 aromatic heterocycles. The summed E-state index contributed by atoms with van der Waals surface area (Å²) in [5, 5.41) is 10.1. The van der Waals surface area contributed by atoms with Gasteiger partial charge in [-0.1, -0.05) is 37.3 Å². The average Bonchev–Trinajstić information content (AvgIpc) is 2.54. The Morgan fingerprint density at radius 3 is 2.40 bits per heavy atom. The van der Waals surface area contributed by atoms with Crippen LogP contribution in [0.2, 0.25) is 0 Å². The molecule has 5 nitrogen and oxygen atoms in total. The number of hydrogen-bond acceptors (Lipinski definition) is 3. The Morgan fingerprint density at radius 2 is 1.80 bits per heavy atom. The van der Waals surface area contributed by atoms with E-state index in [4.69, 9.17) is 4.74 Å². The molecule has 0 fully saturated rings. The molecule has 0 aliphatic heterocycles. The third-order valence-corrected chi connectivity index (χ3v) is 3.43. The van der Waals surface area contributed by atoms with E-state index in [0.29, 0.717) is 12.5 Å². The van der Waals surface area contributed by atoms with Gasteiger partial charge in [0.15, 0.2) is 5.96 Å². The number of hydrogen-bond donors (Lipinski definition) is 3.